The van der Waals surface area contributed by atoms with Crippen molar-refractivity contribution in [2.45, 2.75) is 26.2 Å². The minimum atomic E-state index is -0.448. The summed E-state index contributed by atoms with van der Waals surface area (Å²) < 4.78 is 2.88. The zero-order valence-electron chi connectivity index (χ0n) is 11.6. The van der Waals surface area contributed by atoms with Gasteiger partial charge in [-0.1, -0.05) is 25.8 Å². The third-order valence-corrected chi connectivity index (χ3v) is 2.74. The standard InChI is InChI=1S/C7H8N4O2.C6H12/c1-10-3-8-5-4(10)6(12)9-7(13)11(5)2;1-3-5-6-4-2/h3H,1-2H3,(H,9,12,13);3H,1,4-6H2,2H3. The third-order valence-electron chi connectivity index (χ3n) is 2.74. The smallest absolute Gasteiger partial charge is 0.328 e. The van der Waals surface area contributed by atoms with E-state index in [0.29, 0.717) is 11.2 Å². The van der Waals surface area contributed by atoms with E-state index in [2.05, 4.69) is 23.5 Å². The number of aromatic nitrogens is 4. The molecule has 2 rings (SSSR count). The van der Waals surface area contributed by atoms with Crippen LogP contribution in [0.3, 0.4) is 0 Å². The Morgan fingerprint density at radius 2 is 2.11 bits per heavy atom. The van der Waals surface area contributed by atoms with Crippen LogP contribution in [0.15, 0.2) is 28.6 Å². The van der Waals surface area contributed by atoms with Crippen LogP contribution in [0.4, 0.5) is 0 Å². The Balaban J connectivity index is 0.000000258. The van der Waals surface area contributed by atoms with Crippen molar-refractivity contribution >= 4 is 11.2 Å². The molecule has 0 atom stereocenters. The fourth-order valence-corrected chi connectivity index (χ4v) is 1.61. The van der Waals surface area contributed by atoms with Crippen molar-refractivity contribution in [2.24, 2.45) is 14.1 Å². The quantitative estimate of drug-likeness (QED) is 0.671. The van der Waals surface area contributed by atoms with Crippen molar-refractivity contribution in [3.05, 3.63) is 39.8 Å². The van der Waals surface area contributed by atoms with Crippen molar-refractivity contribution in [1.82, 2.24) is 19.1 Å². The van der Waals surface area contributed by atoms with Crippen LogP contribution in [0.25, 0.3) is 11.2 Å². The lowest BCUT2D eigenvalue weighted by molar-refractivity contribution is 0.816. The molecule has 0 spiro atoms. The van der Waals surface area contributed by atoms with Gasteiger partial charge in [0.15, 0.2) is 11.2 Å². The van der Waals surface area contributed by atoms with Gasteiger partial charge in [-0.05, 0) is 6.42 Å². The normalized spacial score (nSPS) is 10.1. The van der Waals surface area contributed by atoms with E-state index < -0.39 is 11.2 Å². The van der Waals surface area contributed by atoms with E-state index in [1.807, 2.05) is 6.08 Å². The van der Waals surface area contributed by atoms with Gasteiger partial charge in [0.2, 0.25) is 0 Å². The largest absolute Gasteiger partial charge is 0.329 e. The summed E-state index contributed by atoms with van der Waals surface area (Å²) in [5, 5.41) is 0. The molecule has 19 heavy (non-hydrogen) atoms. The second kappa shape index (κ2) is 6.72. The van der Waals surface area contributed by atoms with Gasteiger partial charge in [-0.15, -0.1) is 6.58 Å². The van der Waals surface area contributed by atoms with Crippen molar-refractivity contribution in [2.75, 3.05) is 0 Å². The molecule has 104 valence electrons. The maximum atomic E-state index is 11.3. The van der Waals surface area contributed by atoms with Gasteiger partial charge in [0, 0.05) is 14.1 Å². The number of aryl methyl sites for hydroxylation is 2. The zero-order chi connectivity index (χ0) is 14.4. The molecule has 0 bridgehead atoms. The number of imidazole rings is 1. The Hall–Kier alpha value is -2.11. The van der Waals surface area contributed by atoms with Crippen LogP contribution in [0.5, 0.6) is 0 Å². The van der Waals surface area contributed by atoms with Gasteiger partial charge in [0.05, 0.1) is 6.33 Å². The van der Waals surface area contributed by atoms with E-state index in [1.165, 1.54) is 30.2 Å². The van der Waals surface area contributed by atoms with Crippen molar-refractivity contribution in [1.29, 1.82) is 0 Å². The number of H-pyrrole nitrogens is 1. The molecule has 0 fully saturated rings. The number of allylic oxidation sites excluding steroid dienone is 1. The molecule has 0 radical (unpaired) electrons. The average Bonchev–Trinajstić information content (AvgIpc) is 2.77. The van der Waals surface area contributed by atoms with Crippen LogP contribution in [0.1, 0.15) is 26.2 Å². The number of nitrogens with one attached hydrogen (secondary N) is 1. The molecule has 6 heteroatoms. The minimum absolute atomic E-state index is 0.399. The molecule has 6 nitrogen and oxygen atoms in total. The summed E-state index contributed by atoms with van der Waals surface area (Å²) in [6.45, 7) is 5.78. The highest BCUT2D eigenvalue weighted by atomic mass is 16.2. The molecule has 2 aromatic heterocycles. The van der Waals surface area contributed by atoms with Crippen LogP contribution in [0, 0.1) is 0 Å². The molecular formula is C13H20N4O2. The SMILES string of the molecule is C=CCCCC.Cn1cnc2c1c(=O)[nH]c(=O)n2C. The highest BCUT2D eigenvalue weighted by Crippen LogP contribution is 2.00. The van der Waals surface area contributed by atoms with Gasteiger partial charge in [-0.3, -0.25) is 14.3 Å². The minimum Gasteiger partial charge on any atom is -0.328 e. The van der Waals surface area contributed by atoms with Crippen molar-refractivity contribution < 1.29 is 0 Å². The number of unbranched alkanes of at least 4 members (excludes halogenated alkanes) is 2. The Labute approximate surface area is 111 Å². The lowest BCUT2D eigenvalue weighted by Crippen LogP contribution is -2.28. The van der Waals surface area contributed by atoms with E-state index in [1.54, 1.807) is 18.7 Å². The highest BCUT2D eigenvalue weighted by Gasteiger charge is 2.08. The topological polar surface area (TPSA) is 72.7 Å². The Kier molecular flexibility index (Phi) is 5.29. The highest BCUT2D eigenvalue weighted by molar-refractivity contribution is 5.69. The lowest BCUT2D eigenvalue weighted by Gasteiger charge is -1.97. The average molecular weight is 264 g/mol. The van der Waals surface area contributed by atoms with Crippen molar-refractivity contribution in [3.8, 4) is 0 Å². The molecule has 0 aliphatic heterocycles. The van der Waals surface area contributed by atoms with Gasteiger partial charge in [0.1, 0.15) is 0 Å². The fourth-order valence-electron chi connectivity index (χ4n) is 1.61. The first kappa shape index (κ1) is 14.9. The molecule has 0 amide bonds. The molecule has 1 N–H and O–H groups in total. The lowest BCUT2D eigenvalue weighted by atomic mass is 10.3. The predicted octanol–water partition coefficient (Wildman–Crippen LogP) is 1.32. The number of aromatic amines is 1. The molecule has 0 aliphatic carbocycles. The zero-order valence-corrected chi connectivity index (χ0v) is 11.6. The second-order valence-corrected chi connectivity index (χ2v) is 4.28. The first-order valence-corrected chi connectivity index (χ1v) is 6.24. The van der Waals surface area contributed by atoms with E-state index in [4.69, 9.17) is 0 Å². The molecule has 0 unspecified atom stereocenters. The van der Waals surface area contributed by atoms with E-state index in [-0.39, 0.29) is 0 Å². The molecule has 0 aromatic carbocycles. The molecular weight excluding hydrogens is 244 g/mol. The predicted molar refractivity (Wildman–Crippen MR) is 76.3 cm³/mol. The number of hydrogen-bond donors (Lipinski definition) is 1. The van der Waals surface area contributed by atoms with Crippen LogP contribution < -0.4 is 11.2 Å². The maximum absolute atomic E-state index is 11.3. The summed E-state index contributed by atoms with van der Waals surface area (Å²) >= 11 is 0. The second-order valence-electron chi connectivity index (χ2n) is 4.28. The Bertz CT molecular complexity index is 663. The molecule has 0 saturated carbocycles. The van der Waals surface area contributed by atoms with Crippen LogP contribution in [-0.4, -0.2) is 19.1 Å². The summed E-state index contributed by atoms with van der Waals surface area (Å²) in [6, 6.07) is 0. The summed E-state index contributed by atoms with van der Waals surface area (Å²) in [7, 11) is 3.27. The fraction of sp³-hybridized carbons (Fsp3) is 0.462. The van der Waals surface area contributed by atoms with Gasteiger partial charge in [-0.2, -0.15) is 0 Å². The summed E-state index contributed by atoms with van der Waals surface area (Å²) in [5.41, 5.74) is -0.0485. The summed E-state index contributed by atoms with van der Waals surface area (Å²) in [6.07, 6.45) is 7.22. The monoisotopic (exact) mass is 264 g/mol. The third kappa shape index (κ3) is 3.43. The van der Waals surface area contributed by atoms with Crippen LogP contribution in [0.2, 0.25) is 0 Å². The molecule has 2 heterocycles. The van der Waals surface area contributed by atoms with Crippen molar-refractivity contribution in [3.63, 3.8) is 0 Å². The Morgan fingerprint density at radius 1 is 1.42 bits per heavy atom. The molecule has 0 aliphatic rings. The van der Waals surface area contributed by atoms with Crippen LogP contribution >= 0.6 is 0 Å². The van der Waals surface area contributed by atoms with E-state index in [9.17, 15) is 9.59 Å². The summed E-state index contributed by atoms with van der Waals surface area (Å²) in [4.78, 5) is 28.6. The summed E-state index contributed by atoms with van der Waals surface area (Å²) in [5.74, 6) is 0. The molecule has 0 saturated heterocycles. The Morgan fingerprint density at radius 3 is 2.63 bits per heavy atom. The van der Waals surface area contributed by atoms with E-state index >= 15 is 0 Å². The van der Waals surface area contributed by atoms with Gasteiger partial charge in [-0.25, -0.2) is 9.78 Å². The van der Waals surface area contributed by atoms with Gasteiger partial charge in [0.25, 0.3) is 5.56 Å². The number of fused-ring (bicyclic) bond motifs is 1. The number of rotatable bonds is 3. The maximum Gasteiger partial charge on any atom is 0.329 e. The first-order valence-electron chi connectivity index (χ1n) is 6.24. The molecule has 2 aromatic rings. The van der Waals surface area contributed by atoms with Gasteiger partial charge >= 0.3 is 5.69 Å². The number of nitrogens with zero attached hydrogens (tertiary/aromatic N) is 3. The number of hydrogen-bond acceptors (Lipinski definition) is 3. The first-order chi connectivity index (χ1) is 9.02. The van der Waals surface area contributed by atoms with Gasteiger partial charge < -0.3 is 4.57 Å². The van der Waals surface area contributed by atoms with Crippen LogP contribution in [-0.2, 0) is 14.1 Å². The van der Waals surface area contributed by atoms with E-state index in [0.717, 1.165) is 0 Å².